The quantitative estimate of drug-likeness (QED) is 0.105. The number of carbonyl (C=O) groups excluding carboxylic acids is 1. The Labute approximate surface area is 214 Å². The van der Waals surface area contributed by atoms with Gasteiger partial charge in [-0.05, 0) is 29.5 Å². The van der Waals surface area contributed by atoms with Crippen LogP contribution in [-0.4, -0.2) is 22.9 Å². The van der Waals surface area contributed by atoms with Crippen LogP contribution in [-0.2, 0) is 11.3 Å². The van der Waals surface area contributed by atoms with E-state index in [1.807, 2.05) is 30.3 Å². The number of nitriles is 1. The molecule has 3 aromatic rings. The molecule has 2 N–H and O–H groups in total. The summed E-state index contributed by atoms with van der Waals surface area (Å²) in [6, 6.07) is 14.4. The van der Waals surface area contributed by atoms with Crippen LogP contribution in [0.1, 0.15) is 12.5 Å². The summed E-state index contributed by atoms with van der Waals surface area (Å²) in [6.07, 6.45) is 0. The van der Waals surface area contributed by atoms with Gasteiger partial charge in [-0.3, -0.25) is 25.0 Å². The molecule has 0 aliphatic heterocycles. The van der Waals surface area contributed by atoms with E-state index in [9.17, 15) is 25.0 Å². The molecule has 0 aromatic heterocycles. The number of nitrogens with zero attached hydrogens (tertiary/aromatic N) is 5. The molecule has 14 heteroatoms. The first-order chi connectivity index (χ1) is 17.7. The number of azo groups is 1. The van der Waals surface area contributed by atoms with Gasteiger partial charge in [-0.1, -0.05) is 30.3 Å². The topological polar surface area (TPSA) is 185 Å². The summed E-state index contributed by atoms with van der Waals surface area (Å²) in [4.78, 5) is 32.9. The zero-order valence-electron chi connectivity index (χ0n) is 19.5. The van der Waals surface area contributed by atoms with E-state index in [0.29, 0.717) is 29.7 Å². The van der Waals surface area contributed by atoms with Gasteiger partial charge in [-0.2, -0.15) is 5.26 Å². The number of amides is 1. The lowest BCUT2D eigenvalue weighted by Crippen LogP contribution is -2.08. The summed E-state index contributed by atoms with van der Waals surface area (Å²) in [5.74, 6) is -0.0393. The number of anilines is 2. The second-order valence-corrected chi connectivity index (χ2v) is 8.13. The van der Waals surface area contributed by atoms with Crippen molar-refractivity contribution in [2.75, 3.05) is 17.7 Å². The van der Waals surface area contributed by atoms with E-state index in [2.05, 4.69) is 20.9 Å². The third-order valence-corrected chi connectivity index (χ3v) is 5.46. The first kappa shape index (κ1) is 26.6. The normalized spacial score (nSPS) is 10.5. The minimum Gasteiger partial charge on any atom is -0.495 e. The van der Waals surface area contributed by atoms with E-state index >= 15 is 0 Å². The summed E-state index contributed by atoms with van der Waals surface area (Å²) in [5.41, 5.74) is 0.309. The second-order valence-electron chi connectivity index (χ2n) is 7.31. The molecule has 3 aromatic carbocycles. The molecular weight excluding hydrogens is 502 g/mol. The molecule has 188 valence electrons. The number of ether oxygens (including phenoxy) is 1. The van der Waals surface area contributed by atoms with Gasteiger partial charge in [0.1, 0.15) is 21.7 Å². The Bertz CT molecular complexity index is 1420. The zero-order valence-corrected chi connectivity index (χ0v) is 20.3. The van der Waals surface area contributed by atoms with Crippen molar-refractivity contribution in [2.45, 2.75) is 18.4 Å². The highest BCUT2D eigenvalue weighted by Gasteiger charge is 2.25. The Morgan fingerprint density at radius 1 is 1.03 bits per heavy atom. The number of nitrogens with one attached hydrogen (secondary N) is 2. The smallest absolute Gasteiger partial charge is 0.303 e. The Kier molecular flexibility index (Phi) is 8.68. The van der Waals surface area contributed by atoms with Gasteiger partial charge in [0.25, 0.3) is 5.69 Å². The molecule has 13 nitrogen and oxygen atoms in total. The molecule has 0 unspecified atom stereocenters. The maximum atomic E-state index is 11.8. The van der Waals surface area contributed by atoms with E-state index in [-0.39, 0.29) is 22.0 Å². The Balaban J connectivity index is 2.06. The van der Waals surface area contributed by atoms with Crippen LogP contribution in [0.5, 0.6) is 5.75 Å². The summed E-state index contributed by atoms with van der Waals surface area (Å²) >= 11 is 0.464. The van der Waals surface area contributed by atoms with Crippen molar-refractivity contribution in [3.8, 4) is 11.2 Å². The number of hydrogen-bond donors (Lipinski definition) is 2. The highest BCUT2D eigenvalue weighted by Crippen LogP contribution is 2.42. The van der Waals surface area contributed by atoms with Crippen LogP contribution in [0.3, 0.4) is 0 Å². The number of thiocyanates is 1. The molecule has 0 saturated carbocycles. The van der Waals surface area contributed by atoms with Crippen molar-refractivity contribution < 1.29 is 19.4 Å². The number of carbonyl (C=O) groups is 1. The second kappa shape index (κ2) is 12.1. The van der Waals surface area contributed by atoms with Crippen molar-refractivity contribution in [3.05, 3.63) is 80.4 Å². The van der Waals surface area contributed by atoms with E-state index in [1.54, 1.807) is 11.5 Å². The zero-order chi connectivity index (χ0) is 26.9. The number of thioether (sulfide) groups is 1. The molecule has 0 atom stereocenters. The highest BCUT2D eigenvalue weighted by molar-refractivity contribution is 8.03. The SMILES string of the molecule is COc1cc(N=Nc2cc(SC#N)c([N+](=O)[O-])cc2[N+](=O)[O-])c(NC(C)=O)cc1NCc1ccccc1. The largest absolute Gasteiger partial charge is 0.495 e. The number of benzene rings is 3. The molecule has 0 radical (unpaired) electrons. The van der Waals surface area contributed by atoms with Crippen LogP contribution in [0.15, 0.2) is 69.7 Å². The maximum absolute atomic E-state index is 11.8. The Hall–Kier alpha value is -5.03. The molecule has 3 rings (SSSR count). The Morgan fingerprint density at radius 2 is 1.70 bits per heavy atom. The van der Waals surface area contributed by atoms with Crippen molar-refractivity contribution in [3.63, 3.8) is 0 Å². The summed E-state index contributed by atoms with van der Waals surface area (Å²) < 4.78 is 5.44. The first-order valence-electron chi connectivity index (χ1n) is 10.5. The third-order valence-electron chi connectivity index (χ3n) is 4.82. The van der Waals surface area contributed by atoms with Crippen molar-refractivity contribution in [2.24, 2.45) is 10.2 Å². The molecule has 0 saturated heterocycles. The highest BCUT2D eigenvalue weighted by atomic mass is 32.2. The number of rotatable bonds is 10. The van der Waals surface area contributed by atoms with Gasteiger partial charge >= 0.3 is 5.69 Å². The molecule has 1 amide bonds. The number of methoxy groups -OCH3 is 1. The van der Waals surface area contributed by atoms with E-state index in [0.717, 1.165) is 17.7 Å². The van der Waals surface area contributed by atoms with E-state index < -0.39 is 27.1 Å². The van der Waals surface area contributed by atoms with Crippen LogP contribution in [0.4, 0.5) is 34.1 Å². The number of nitro groups is 2. The monoisotopic (exact) mass is 521 g/mol. The van der Waals surface area contributed by atoms with Crippen LogP contribution in [0.2, 0.25) is 0 Å². The molecule has 37 heavy (non-hydrogen) atoms. The molecule has 0 heterocycles. The van der Waals surface area contributed by atoms with Crippen molar-refractivity contribution in [1.82, 2.24) is 0 Å². The van der Waals surface area contributed by atoms with E-state index in [4.69, 9.17) is 10.00 Å². The summed E-state index contributed by atoms with van der Waals surface area (Å²) in [7, 11) is 1.44. The minimum atomic E-state index is -0.839. The lowest BCUT2D eigenvalue weighted by atomic mass is 10.2. The number of nitro benzene ring substituents is 2. The van der Waals surface area contributed by atoms with Crippen molar-refractivity contribution in [1.29, 1.82) is 5.26 Å². The van der Waals surface area contributed by atoms with Gasteiger partial charge in [-0.15, -0.1) is 10.2 Å². The fourth-order valence-electron chi connectivity index (χ4n) is 3.20. The van der Waals surface area contributed by atoms with Gasteiger partial charge < -0.3 is 15.4 Å². The average molecular weight is 522 g/mol. The van der Waals surface area contributed by atoms with Crippen LogP contribution in [0, 0.1) is 30.9 Å². The standard InChI is InChI=1S/C23H19N7O6S/c1-14(31)26-16-8-19(25-12-15-6-4-3-5-7-15)22(36-2)9-17(16)27-28-18-10-23(37-13-24)21(30(34)35)11-20(18)29(32)33/h3-11,25H,12H2,1-2H3,(H,26,31). The molecule has 0 aliphatic carbocycles. The molecule has 0 fully saturated rings. The van der Waals surface area contributed by atoms with Crippen LogP contribution < -0.4 is 15.4 Å². The molecule has 0 aliphatic rings. The number of hydrogen-bond acceptors (Lipinski definition) is 11. The van der Waals surface area contributed by atoms with Gasteiger partial charge in [-0.25, -0.2) is 0 Å². The van der Waals surface area contributed by atoms with Gasteiger partial charge in [0.2, 0.25) is 5.91 Å². The first-order valence-corrected chi connectivity index (χ1v) is 11.3. The van der Waals surface area contributed by atoms with Crippen LogP contribution in [0.25, 0.3) is 0 Å². The predicted octanol–water partition coefficient (Wildman–Crippen LogP) is 6.07. The predicted molar refractivity (Wildman–Crippen MR) is 136 cm³/mol. The summed E-state index contributed by atoms with van der Waals surface area (Å²) in [5, 5.41) is 47.3. The minimum absolute atomic E-state index is 0.111. The summed E-state index contributed by atoms with van der Waals surface area (Å²) in [6.45, 7) is 1.76. The molecular formula is C23H19N7O6S. The molecule has 0 spiro atoms. The van der Waals surface area contributed by atoms with Gasteiger partial charge in [0, 0.05) is 19.5 Å². The van der Waals surface area contributed by atoms with Gasteiger partial charge in [0.15, 0.2) is 5.69 Å². The fraction of sp³-hybridized carbons (Fsp3) is 0.130. The fourth-order valence-corrected chi connectivity index (χ4v) is 3.70. The van der Waals surface area contributed by atoms with Gasteiger partial charge in [0.05, 0.1) is 34.4 Å². The lowest BCUT2D eigenvalue weighted by molar-refractivity contribution is -0.395. The lowest BCUT2D eigenvalue weighted by Gasteiger charge is -2.15. The van der Waals surface area contributed by atoms with Crippen LogP contribution >= 0.6 is 11.8 Å². The molecule has 0 bridgehead atoms. The Morgan fingerprint density at radius 3 is 2.30 bits per heavy atom. The average Bonchev–Trinajstić information content (AvgIpc) is 2.86. The van der Waals surface area contributed by atoms with E-state index in [1.165, 1.54) is 20.1 Å². The van der Waals surface area contributed by atoms with Crippen molar-refractivity contribution >= 4 is 51.8 Å². The maximum Gasteiger partial charge on any atom is 0.303 e. The third kappa shape index (κ3) is 6.77.